The summed E-state index contributed by atoms with van der Waals surface area (Å²) in [5.41, 5.74) is 10.2. The van der Waals surface area contributed by atoms with Crippen molar-refractivity contribution in [1.29, 1.82) is 0 Å². The lowest BCUT2D eigenvalue weighted by Gasteiger charge is -1.83. The third-order valence-corrected chi connectivity index (χ3v) is 0.973. The number of amides is 1. The lowest BCUT2D eigenvalue weighted by atomic mass is 10.4. The standard InChI is InChI=1S/C4H7N5O/c1-9-7-2(4(6)10)3(5)8-9/h1H3,(H2,5,8)(H2,6,10). The Kier molecular flexibility index (Phi) is 1.29. The summed E-state index contributed by atoms with van der Waals surface area (Å²) in [7, 11) is 1.56. The van der Waals surface area contributed by atoms with Crippen LogP contribution in [0, 0.1) is 0 Å². The van der Waals surface area contributed by atoms with E-state index in [0.29, 0.717) is 0 Å². The van der Waals surface area contributed by atoms with Gasteiger partial charge in [-0.05, 0) is 0 Å². The molecule has 0 aliphatic heterocycles. The minimum atomic E-state index is -0.661. The number of aryl methyl sites for hydroxylation is 1. The Balaban J connectivity index is 3.15. The zero-order chi connectivity index (χ0) is 7.72. The van der Waals surface area contributed by atoms with Gasteiger partial charge in [-0.2, -0.15) is 4.80 Å². The van der Waals surface area contributed by atoms with Crippen LogP contribution in [0.25, 0.3) is 0 Å². The van der Waals surface area contributed by atoms with Crippen LogP contribution in [0.5, 0.6) is 0 Å². The van der Waals surface area contributed by atoms with Gasteiger partial charge in [0.2, 0.25) is 0 Å². The lowest BCUT2D eigenvalue weighted by molar-refractivity contribution is 0.0995. The minimum absolute atomic E-state index is 0.0162. The number of hydrogen-bond acceptors (Lipinski definition) is 4. The van der Waals surface area contributed by atoms with Gasteiger partial charge in [-0.25, -0.2) is 0 Å². The molecule has 6 heteroatoms. The van der Waals surface area contributed by atoms with Crippen molar-refractivity contribution in [3.05, 3.63) is 5.69 Å². The van der Waals surface area contributed by atoms with Gasteiger partial charge in [-0.15, -0.1) is 10.2 Å². The quantitative estimate of drug-likeness (QED) is 0.496. The van der Waals surface area contributed by atoms with Crippen LogP contribution in [-0.4, -0.2) is 20.9 Å². The number of carbonyl (C=O) groups excluding carboxylic acids is 1. The number of primary amides is 1. The number of hydrogen-bond donors (Lipinski definition) is 2. The molecule has 0 radical (unpaired) electrons. The summed E-state index contributed by atoms with van der Waals surface area (Å²) in [6.45, 7) is 0. The number of nitrogens with zero attached hydrogens (tertiary/aromatic N) is 3. The Morgan fingerprint density at radius 1 is 1.60 bits per heavy atom. The topological polar surface area (TPSA) is 99.8 Å². The molecule has 10 heavy (non-hydrogen) atoms. The summed E-state index contributed by atoms with van der Waals surface area (Å²) in [6, 6.07) is 0. The van der Waals surface area contributed by atoms with Gasteiger partial charge in [-0.1, -0.05) is 0 Å². The van der Waals surface area contributed by atoms with Crippen molar-refractivity contribution in [3.63, 3.8) is 0 Å². The molecule has 0 aliphatic carbocycles. The Labute approximate surface area is 56.8 Å². The molecule has 0 aliphatic rings. The summed E-state index contributed by atoms with van der Waals surface area (Å²) in [5, 5.41) is 7.23. The zero-order valence-electron chi connectivity index (χ0n) is 5.40. The van der Waals surface area contributed by atoms with Crippen LogP contribution in [0.15, 0.2) is 0 Å². The molecule has 0 aromatic carbocycles. The van der Waals surface area contributed by atoms with E-state index in [2.05, 4.69) is 10.2 Å². The molecular weight excluding hydrogens is 134 g/mol. The maximum atomic E-state index is 10.5. The van der Waals surface area contributed by atoms with E-state index in [1.54, 1.807) is 7.05 Å². The highest BCUT2D eigenvalue weighted by Crippen LogP contribution is 2.00. The Morgan fingerprint density at radius 2 is 2.20 bits per heavy atom. The van der Waals surface area contributed by atoms with Gasteiger partial charge in [0.15, 0.2) is 11.5 Å². The average Bonchev–Trinajstić information content (AvgIpc) is 2.10. The molecule has 1 rings (SSSR count). The van der Waals surface area contributed by atoms with E-state index in [4.69, 9.17) is 11.5 Å². The molecule has 0 spiro atoms. The van der Waals surface area contributed by atoms with Crippen molar-refractivity contribution >= 4 is 11.7 Å². The maximum absolute atomic E-state index is 10.5. The van der Waals surface area contributed by atoms with E-state index >= 15 is 0 Å². The Bertz CT molecular complexity index is 265. The molecule has 1 aromatic heterocycles. The SMILES string of the molecule is Cn1nc(N)c(C(N)=O)n1. The highest BCUT2D eigenvalue weighted by molar-refractivity contribution is 5.94. The van der Waals surface area contributed by atoms with Gasteiger partial charge < -0.3 is 11.5 Å². The van der Waals surface area contributed by atoms with Crippen LogP contribution in [-0.2, 0) is 7.05 Å². The highest BCUT2D eigenvalue weighted by atomic mass is 16.1. The van der Waals surface area contributed by atoms with Gasteiger partial charge in [0.05, 0.1) is 0 Å². The van der Waals surface area contributed by atoms with Crippen LogP contribution in [0.4, 0.5) is 5.82 Å². The third-order valence-electron chi connectivity index (χ3n) is 0.973. The first-order chi connectivity index (χ1) is 4.61. The molecule has 4 N–H and O–H groups in total. The van der Waals surface area contributed by atoms with Gasteiger partial charge in [0.1, 0.15) is 0 Å². The Hall–Kier alpha value is -1.59. The smallest absolute Gasteiger partial charge is 0.273 e. The minimum Gasteiger partial charge on any atom is -0.380 e. The highest BCUT2D eigenvalue weighted by Gasteiger charge is 2.10. The van der Waals surface area contributed by atoms with Crippen LogP contribution < -0.4 is 11.5 Å². The second-order valence-corrected chi connectivity index (χ2v) is 1.79. The van der Waals surface area contributed by atoms with Gasteiger partial charge >= 0.3 is 0 Å². The number of aromatic nitrogens is 3. The van der Waals surface area contributed by atoms with E-state index < -0.39 is 5.91 Å². The fraction of sp³-hybridized carbons (Fsp3) is 0.250. The molecule has 0 bridgehead atoms. The van der Waals surface area contributed by atoms with E-state index in [-0.39, 0.29) is 11.5 Å². The first-order valence-electron chi connectivity index (χ1n) is 2.58. The van der Waals surface area contributed by atoms with Crippen molar-refractivity contribution in [3.8, 4) is 0 Å². The summed E-state index contributed by atoms with van der Waals surface area (Å²) in [6.07, 6.45) is 0. The second kappa shape index (κ2) is 1.98. The average molecular weight is 141 g/mol. The largest absolute Gasteiger partial charge is 0.380 e. The molecule has 1 amide bonds. The predicted octanol–water partition coefficient (Wildman–Crippen LogP) is -1.50. The molecular formula is C4H7N5O. The number of carbonyl (C=O) groups is 1. The van der Waals surface area contributed by atoms with E-state index in [1.807, 2.05) is 0 Å². The molecule has 0 saturated carbocycles. The van der Waals surface area contributed by atoms with Crippen molar-refractivity contribution < 1.29 is 4.79 Å². The van der Waals surface area contributed by atoms with Gasteiger partial charge in [-0.3, -0.25) is 4.79 Å². The molecule has 1 heterocycles. The van der Waals surface area contributed by atoms with Crippen molar-refractivity contribution in [2.75, 3.05) is 5.73 Å². The number of nitrogens with two attached hydrogens (primary N) is 2. The molecule has 54 valence electrons. The van der Waals surface area contributed by atoms with Crippen LogP contribution in [0.2, 0.25) is 0 Å². The van der Waals surface area contributed by atoms with Crippen LogP contribution in [0.3, 0.4) is 0 Å². The van der Waals surface area contributed by atoms with Crippen LogP contribution >= 0.6 is 0 Å². The monoisotopic (exact) mass is 141 g/mol. The number of anilines is 1. The molecule has 0 unspecified atom stereocenters. The number of rotatable bonds is 1. The molecule has 0 saturated heterocycles. The summed E-state index contributed by atoms with van der Waals surface area (Å²) < 4.78 is 0. The van der Waals surface area contributed by atoms with E-state index in [1.165, 1.54) is 4.80 Å². The number of nitrogen functional groups attached to an aromatic ring is 1. The van der Waals surface area contributed by atoms with E-state index in [0.717, 1.165) is 0 Å². The molecule has 1 aromatic rings. The Morgan fingerprint density at radius 3 is 2.40 bits per heavy atom. The second-order valence-electron chi connectivity index (χ2n) is 1.79. The van der Waals surface area contributed by atoms with Gasteiger partial charge in [0.25, 0.3) is 5.91 Å². The maximum Gasteiger partial charge on any atom is 0.273 e. The fourth-order valence-electron chi connectivity index (χ4n) is 0.597. The van der Waals surface area contributed by atoms with Crippen molar-refractivity contribution in [1.82, 2.24) is 15.0 Å². The fourth-order valence-corrected chi connectivity index (χ4v) is 0.597. The molecule has 0 atom stereocenters. The summed E-state index contributed by atoms with van der Waals surface area (Å²) in [5.74, 6) is -0.597. The first-order valence-corrected chi connectivity index (χ1v) is 2.58. The normalized spacial score (nSPS) is 9.70. The van der Waals surface area contributed by atoms with Gasteiger partial charge in [0, 0.05) is 7.05 Å². The zero-order valence-corrected chi connectivity index (χ0v) is 5.40. The first kappa shape index (κ1) is 6.53. The third kappa shape index (κ3) is 0.903. The van der Waals surface area contributed by atoms with E-state index in [9.17, 15) is 4.79 Å². The molecule has 0 fully saturated rings. The van der Waals surface area contributed by atoms with Crippen molar-refractivity contribution in [2.45, 2.75) is 0 Å². The van der Waals surface area contributed by atoms with Crippen LogP contribution in [0.1, 0.15) is 10.5 Å². The summed E-state index contributed by atoms with van der Waals surface area (Å²) >= 11 is 0. The lowest BCUT2D eigenvalue weighted by Crippen LogP contribution is -2.13. The predicted molar refractivity (Wildman–Crippen MR) is 33.9 cm³/mol. The summed E-state index contributed by atoms with van der Waals surface area (Å²) in [4.78, 5) is 11.7. The van der Waals surface area contributed by atoms with Crippen molar-refractivity contribution in [2.24, 2.45) is 12.8 Å². The molecule has 6 nitrogen and oxygen atoms in total.